The zero-order valence-electron chi connectivity index (χ0n) is 14.4. The highest BCUT2D eigenvalue weighted by Gasteiger charge is 2.32. The lowest BCUT2D eigenvalue weighted by molar-refractivity contribution is 0.0232. The molecular weight excluding hydrogens is 321 g/mol. The van der Waals surface area contributed by atoms with Gasteiger partial charge in [-0.15, -0.1) is 0 Å². The van der Waals surface area contributed by atoms with Crippen molar-refractivity contribution in [2.45, 2.75) is 38.8 Å². The van der Waals surface area contributed by atoms with E-state index in [0.717, 1.165) is 6.42 Å². The number of piperidine rings is 1. The van der Waals surface area contributed by atoms with Gasteiger partial charge in [0.1, 0.15) is 11.5 Å². The highest BCUT2D eigenvalue weighted by molar-refractivity contribution is 5.92. The molecule has 2 atom stereocenters. The van der Waals surface area contributed by atoms with Crippen molar-refractivity contribution in [3.05, 3.63) is 53.6 Å². The summed E-state index contributed by atoms with van der Waals surface area (Å²) in [5.41, 5.74) is 1.15. The third-order valence-electron chi connectivity index (χ3n) is 4.79. The predicted molar refractivity (Wildman–Crippen MR) is 92.6 cm³/mol. The number of rotatable bonds is 5. The lowest BCUT2D eigenvalue weighted by atomic mass is 9.88. The van der Waals surface area contributed by atoms with Gasteiger partial charge in [0, 0.05) is 31.7 Å². The quantitative estimate of drug-likeness (QED) is 0.906. The molecule has 1 aliphatic heterocycles. The number of hydrogen-bond donors (Lipinski definition) is 1. The first kappa shape index (κ1) is 17.6. The van der Waals surface area contributed by atoms with Crippen LogP contribution >= 0.6 is 0 Å². The smallest absolute Gasteiger partial charge is 0.272 e. The standard InChI is InChI=1S/C19H24FN3O2/c1-2-10-23-17(7-9-21-23)19(25)22-11-8-18(24)15(13-22)12-14-5-3-4-6-16(14)20/h3-7,9,15,18,24H,2,8,10-13H2,1H3/t15-,18-/m1/s1. The largest absolute Gasteiger partial charge is 0.393 e. The van der Waals surface area contributed by atoms with Crippen LogP contribution in [0.15, 0.2) is 36.5 Å². The van der Waals surface area contributed by atoms with E-state index in [4.69, 9.17) is 0 Å². The summed E-state index contributed by atoms with van der Waals surface area (Å²) in [7, 11) is 0. The molecule has 3 rings (SSSR count). The van der Waals surface area contributed by atoms with Crippen molar-refractivity contribution < 1.29 is 14.3 Å². The average Bonchev–Trinajstić information content (AvgIpc) is 3.07. The maximum absolute atomic E-state index is 13.9. The molecule has 134 valence electrons. The fraction of sp³-hybridized carbons (Fsp3) is 0.474. The van der Waals surface area contributed by atoms with E-state index < -0.39 is 6.10 Å². The van der Waals surface area contributed by atoms with E-state index in [1.807, 2.05) is 6.92 Å². The van der Waals surface area contributed by atoms with E-state index in [-0.39, 0.29) is 17.6 Å². The number of benzene rings is 1. The predicted octanol–water partition coefficient (Wildman–Crippen LogP) is 2.50. The Labute approximate surface area is 147 Å². The van der Waals surface area contributed by atoms with Gasteiger partial charge in [0.05, 0.1) is 6.10 Å². The van der Waals surface area contributed by atoms with E-state index in [2.05, 4.69) is 5.10 Å². The molecule has 2 heterocycles. The average molecular weight is 345 g/mol. The van der Waals surface area contributed by atoms with Gasteiger partial charge in [-0.2, -0.15) is 5.10 Å². The molecule has 25 heavy (non-hydrogen) atoms. The number of carbonyl (C=O) groups is 1. The molecule has 0 saturated carbocycles. The van der Waals surface area contributed by atoms with Gasteiger partial charge in [0.2, 0.25) is 0 Å². The van der Waals surface area contributed by atoms with Gasteiger partial charge in [-0.05, 0) is 37.0 Å². The first-order valence-electron chi connectivity index (χ1n) is 8.82. The zero-order chi connectivity index (χ0) is 17.8. The van der Waals surface area contributed by atoms with E-state index in [9.17, 15) is 14.3 Å². The fourth-order valence-electron chi connectivity index (χ4n) is 3.42. The summed E-state index contributed by atoms with van der Waals surface area (Å²) in [5, 5.41) is 14.5. The molecule has 2 aromatic rings. The van der Waals surface area contributed by atoms with E-state index in [1.165, 1.54) is 6.07 Å². The van der Waals surface area contributed by atoms with Crippen LogP contribution in [0.1, 0.15) is 35.8 Å². The molecule has 0 unspecified atom stereocenters. The Morgan fingerprint density at radius 3 is 2.92 bits per heavy atom. The van der Waals surface area contributed by atoms with Gasteiger partial charge < -0.3 is 10.0 Å². The first-order valence-corrected chi connectivity index (χ1v) is 8.82. The van der Waals surface area contributed by atoms with Crippen LogP contribution in [0.3, 0.4) is 0 Å². The van der Waals surface area contributed by atoms with Crippen molar-refractivity contribution in [3.8, 4) is 0 Å². The van der Waals surface area contributed by atoms with Crippen LogP contribution in [-0.4, -0.2) is 44.9 Å². The maximum atomic E-state index is 13.9. The van der Waals surface area contributed by atoms with Crippen LogP contribution in [0.4, 0.5) is 4.39 Å². The first-order chi connectivity index (χ1) is 12.1. The Balaban J connectivity index is 1.72. The summed E-state index contributed by atoms with van der Waals surface area (Å²) in [6.07, 6.45) is 2.94. The molecule has 1 aromatic heterocycles. The minimum atomic E-state index is -0.524. The second-order valence-corrected chi connectivity index (χ2v) is 6.60. The molecule has 1 fully saturated rings. The summed E-state index contributed by atoms with van der Waals surface area (Å²) >= 11 is 0. The number of halogens is 1. The summed E-state index contributed by atoms with van der Waals surface area (Å²) in [4.78, 5) is 14.6. The molecule has 5 nitrogen and oxygen atoms in total. The Bertz CT molecular complexity index is 731. The Morgan fingerprint density at radius 1 is 1.36 bits per heavy atom. The van der Waals surface area contributed by atoms with Gasteiger partial charge in [0.15, 0.2) is 0 Å². The number of amides is 1. The molecule has 1 N–H and O–H groups in total. The number of carbonyl (C=O) groups excluding carboxylic acids is 1. The second kappa shape index (κ2) is 7.78. The highest BCUT2D eigenvalue weighted by Crippen LogP contribution is 2.24. The number of likely N-dealkylation sites (tertiary alicyclic amines) is 1. The molecule has 0 spiro atoms. The molecule has 1 aromatic carbocycles. The lowest BCUT2D eigenvalue weighted by Gasteiger charge is -2.36. The second-order valence-electron chi connectivity index (χ2n) is 6.60. The summed E-state index contributed by atoms with van der Waals surface area (Å²) < 4.78 is 15.6. The van der Waals surface area contributed by atoms with Crippen molar-refractivity contribution in [1.29, 1.82) is 0 Å². The SMILES string of the molecule is CCCn1nccc1C(=O)N1CC[C@@H](O)[C@H](Cc2ccccc2F)C1. The number of aromatic nitrogens is 2. The molecule has 0 aliphatic carbocycles. The molecule has 1 amide bonds. The van der Waals surface area contributed by atoms with Gasteiger partial charge in [-0.3, -0.25) is 9.48 Å². The fourth-order valence-corrected chi connectivity index (χ4v) is 3.42. The highest BCUT2D eigenvalue weighted by atomic mass is 19.1. The van der Waals surface area contributed by atoms with Crippen molar-refractivity contribution in [1.82, 2.24) is 14.7 Å². The van der Waals surface area contributed by atoms with Crippen LogP contribution in [-0.2, 0) is 13.0 Å². The Hall–Kier alpha value is -2.21. The number of aryl methyl sites for hydroxylation is 1. The van der Waals surface area contributed by atoms with Crippen molar-refractivity contribution in [2.24, 2.45) is 5.92 Å². The third-order valence-corrected chi connectivity index (χ3v) is 4.79. The molecule has 0 radical (unpaired) electrons. The van der Waals surface area contributed by atoms with Crippen LogP contribution in [0.2, 0.25) is 0 Å². The van der Waals surface area contributed by atoms with Crippen molar-refractivity contribution >= 4 is 5.91 Å². The molecule has 1 aliphatic rings. The number of aliphatic hydroxyl groups is 1. The van der Waals surface area contributed by atoms with E-state index in [0.29, 0.717) is 43.7 Å². The van der Waals surface area contributed by atoms with Crippen molar-refractivity contribution in [2.75, 3.05) is 13.1 Å². The maximum Gasteiger partial charge on any atom is 0.272 e. The van der Waals surface area contributed by atoms with Crippen molar-refractivity contribution in [3.63, 3.8) is 0 Å². The minimum Gasteiger partial charge on any atom is -0.393 e. The topological polar surface area (TPSA) is 58.4 Å². The Kier molecular flexibility index (Phi) is 5.48. The van der Waals surface area contributed by atoms with Crippen LogP contribution in [0.25, 0.3) is 0 Å². The normalized spacial score (nSPS) is 20.7. The van der Waals surface area contributed by atoms with Gasteiger partial charge in [0.25, 0.3) is 5.91 Å². The van der Waals surface area contributed by atoms with Gasteiger partial charge in [-0.25, -0.2) is 4.39 Å². The van der Waals surface area contributed by atoms with E-state index >= 15 is 0 Å². The number of hydrogen-bond acceptors (Lipinski definition) is 3. The van der Waals surface area contributed by atoms with Crippen LogP contribution in [0, 0.1) is 11.7 Å². The zero-order valence-corrected chi connectivity index (χ0v) is 14.4. The summed E-state index contributed by atoms with van der Waals surface area (Å²) in [5.74, 6) is -0.507. The van der Waals surface area contributed by atoms with E-state index in [1.54, 1.807) is 40.0 Å². The molecular formula is C19H24FN3O2. The monoisotopic (exact) mass is 345 g/mol. The minimum absolute atomic E-state index is 0.0728. The van der Waals surface area contributed by atoms with Crippen LogP contribution < -0.4 is 0 Å². The number of nitrogens with zero attached hydrogens (tertiary/aromatic N) is 3. The third kappa shape index (κ3) is 3.90. The van der Waals surface area contributed by atoms with Gasteiger partial charge >= 0.3 is 0 Å². The molecule has 1 saturated heterocycles. The lowest BCUT2D eigenvalue weighted by Crippen LogP contribution is -2.47. The molecule has 6 heteroatoms. The summed E-state index contributed by atoms with van der Waals surface area (Å²) in [6.45, 7) is 3.66. The Morgan fingerprint density at radius 2 is 2.16 bits per heavy atom. The van der Waals surface area contributed by atoms with Crippen LogP contribution in [0.5, 0.6) is 0 Å². The number of aliphatic hydroxyl groups excluding tert-OH is 1. The van der Waals surface area contributed by atoms with Gasteiger partial charge in [-0.1, -0.05) is 25.1 Å². The summed E-state index contributed by atoms with van der Waals surface area (Å²) in [6, 6.07) is 8.34. The molecule has 0 bridgehead atoms.